The normalized spacial score (nSPS) is 10.9. The number of rotatable bonds is 8. The van der Waals surface area contributed by atoms with E-state index in [2.05, 4.69) is 10.2 Å². The Morgan fingerprint density at radius 3 is 2.58 bits per heavy atom. The first-order valence-corrected chi connectivity index (χ1v) is 9.88. The molecule has 0 saturated heterocycles. The van der Waals surface area contributed by atoms with Crippen molar-refractivity contribution in [2.45, 2.75) is 25.2 Å². The van der Waals surface area contributed by atoms with Gasteiger partial charge < -0.3 is 18.6 Å². The third-order valence-corrected chi connectivity index (χ3v) is 5.76. The quantitative estimate of drug-likeness (QED) is 0.549. The lowest BCUT2D eigenvalue weighted by molar-refractivity contribution is 0.290. The predicted octanol–water partition coefficient (Wildman–Crippen LogP) is 2.73. The van der Waals surface area contributed by atoms with E-state index in [4.69, 9.17) is 9.47 Å². The Balaban J connectivity index is 1.54. The van der Waals surface area contributed by atoms with Crippen LogP contribution in [-0.4, -0.2) is 32.2 Å². The van der Waals surface area contributed by atoms with Gasteiger partial charge in [0.25, 0.3) is 0 Å². The number of aromatic nitrogens is 4. The van der Waals surface area contributed by atoms with Crippen molar-refractivity contribution in [1.29, 1.82) is 0 Å². The van der Waals surface area contributed by atoms with Gasteiger partial charge in [-0.15, -0.1) is 10.2 Å². The van der Waals surface area contributed by atoms with Gasteiger partial charge in [-0.3, -0.25) is 4.79 Å². The third kappa shape index (κ3) is 4.28. The summed E-state index contributed by atoms with van der Waals surface area (Å²) in [5.74, 6) is 3.03. The number of nitrogens with zero attached hydrogens (tertiary/aromatic N) is 4. The fourth-order valence-electron chi connectivity index (χ4n) is 2.32. The van der Waals surface area contributed by atoms with Crippen LogP contribution in [0, 0.1) is 6.92 Å². The molecule has 0 aliphatic heterocycles. The van der Waals surface area contributed by atoms with E-state index in [1.54, 1.807) is 23.4 Å². The van der Waals surface area contributed by atoms with Crippen LogP contribution in [0.4, 0.5) is 0 Å². The van der Waals surface area contributed by atoms with Crippen molar-refractivity contribution in [1.82, 2.24) is 19.3 Å². The second-order valence-corrected chi connectivity index (χ2v) is 7.45. The summed E-state index contributed by atoms with van der Waals surface area (Å²) in [6.07, 6.45) is 0. The van der Waals surface area contributed by atoms with Crippen molar-refractivity contribution >= 4 is 23.1 Å². The Hall–Kier alpha value is -2.26. The van der Waals surface area contributed by atoms with Crippen molar-refractivity contribution in [3.63, 3.8) is 0 Å². The first-order chi connectivity index (χ1) is 12.6. The summed E-state index contributed by atoms with van der Waals surface area (Å²) >= 11 is 2.80. The maximum absolute atomic E-state index is 11.7. The van der Waals surface area contributed by atoms with Gasteiger partial charge in [0, 0.05) is 30.4 Å². The van der Waals surface area contributed by atoms with E-state index >= 15 is 0 Å². The largest absolute Gasteiger partial charge is 0.497 e. The molecule has 9 heteroatoms. The highest BCUT2D eigenvalue weighted by Crippen LogP contribution is 2.20. The number of thiazole rings is 1. The van der Waals surface area contributed by atoms with Crippen LogP contribution >= 0.6 is 23.1 Å². The molecule has 0 aliphatic rings. The number of hydrogen-bond acceptors (Lipinski definition) is 7. The molecule has 0 N–H and O–H groups in total. The molecule has 2 aromatic heterocycles. The van der Waals surface area contributed by atoms with Gasteiger partial charge in [0.05, 0.1) is 7.11 Å². The zero-order valence-corrected chi connectivity index (χ0v) is 16.5. The van der Waals surface area contributed by atoms with E-state index in [9.17, 15) is 4.79 Å². The molecule has 0 fully saturated rings. The van der Waals surface area contributed by atoms with Crippen molar-refractivity contribution in [3.8, 4) is 11.5 Å². The number of ether oxygens (including phenoxy) is 2. The second kappa shape index (κ2) is 8.41. The summed E-state index contributed by atoms with van der Waals surface area (Å²) in [7, 11) is 3.54. The Morgan fingerprint density at radius 2 is 1.92 bits per heavy atom. The number of benzene rings is 1. The Morgan fingerprint density at radius 1 is 1.19 bits per heavy atom. The van der Waals surface area contributed by atoms with Crippen LogP contribution in [0.2, 0.25) is 0 Å². The van der Waals surface area contributed by atoms with E-state index in [0.29, 0.717) is 13.2 Å². The van der Waals surface area contributed by atoms with Gasteiger partial charge in [0.1, 0.15) is 18.1 Å². The minimum atomic E-state index is 0.0784. The molecule has 3 rings (SSSR count). The zero-order valence-electron chi connectivity index (χ0n) is 14.8. The molecule has 138 valence electrons. The summed E-state index contributed by atoms with van der Waals surface area (Å²) in [5.41, 5.74) is 0.993. The highest BCUT2D eigenvalue weighted by atomic mass is 32.2. The highest BCUT2D eigenvalue weighted by Gasteiger charge is 2.11. The van der Waals surface area contributed by atoms with Gasteiger partial charge in [-0.25, -0.2) is 0 Å². The molecule has 1 aromatic carbocycles. The molecule has 0 unspecified atom stereocenters. The lowest BCUT2D eigenvalue weighted by Crippen LogP contribution is -2.16. The Bertz CT molecular complexity index is 915. The minimum Gasteiger partial charge on any atom is -0.497 e. The lowest BCUT2D eigenvalue weighted by atomic mass is 10.3. The minimum absolute atomic E-state index is 0.0784. The molecule has 0 saturated carbocycles. The highest BCUT2D eigenvalue weighted by molar-refractivity contribution is 7.99. The lowest BCUT2D eigenvalue weighted by Gasteiger charge is -2.07. The maximum atomic E-state index is 11.7. The van der Waals surface area contributed by atoms with Crippen molar-refractivity contribution < 1.29 is 9.47 Å². The Labute approximate surface area is 159 Å². The molecule has 0 atom stereocenters. The van der Waals surface area contributed by atoms with Crippen LogP contribution < -0.4 is 14.3 Å². The average molecular weight is 393 g/mol. The molecule has 0 amide bonds. The van der Waals surface area contributed by atoms with E-state index in [1.807, 2.05) is 48.2 Å². The number of thioether (sulfide) groups is 1. The maximum Gasteiger partial charge on any atom is 0.307 e. The summed E-state index contributed by atoms with van der Waals surface area (Å²) in [4.78, 5) is 11.8. The summed E-state index contributed by atoms with van der Waals surface area (Å²) in [5, 5.41) is 11.1. The van der Waals surface area contributed by atoms with Crippen LogP contribution in [0.25, 0.3) is 0 Å². The number of aryl methyl sites for hydroxylation is 1. The fraction of sp³-hybridized carbons (Fsp3) is 0.353. The van der Waals surface area contributed by atoms with Crippen LogP contribution in [0.3, 0.4) is 0 Å². The van der Waals surface area contributed by atoms with Gasteiger partial charge in [-0.1, -0.05) is 23.1 Å². The van der Waals surface area contributed by atoms with E-state index in [-0.39, 0.29) is 4.87 Å². The van der Waals surface area contributed by atoms with E-state index in [1.165, 1.54) is 11.3 Å². The van der Waals surface area contributed by atoms with Gasteiger partial charge in [0.2, 0.25) is 0 Å². The molecule has 2 heterocycles. The van der Waals surface area contributed by atoms with Gasteiger partial charge >= 0.3 is 4.87 Å². The average Bonchev–Trinajstić information content (AvgIpc) is 3.17. The standard InChI is InChI=1S/C17H20N4O3S2/c1-12-11-26-17(22)21(12)8-9-25-16-19-18-15(20(16)2)10-24-14-6-4-13(23-3)5-7-14/h4-7,11H,8-10H2,1-3H3. The van der Waals surface area contributed by atoms with Gasteiger partial charge in [-0.05, 0) is 31.2 Å². The number of hydrogen-bond donors (Lipinski definition) is 0. The van der Waals surface area contributed by atoms with Crippen molar-refractivity contribution in [2.75, 3.05) is 12.9 Å². The monoisotopic (exact) mass is 392 g/mol. The van der Waals surface area contributed by atoms with Crippen LogP contribution in [0.1, 0.15) is 11.5 Å². The first kappa shape index (κ1) is 18.5. The van der Waals surface area contributed by atoms with Crippen LogP contribution in [-0.2, 0) is 20.2 Å². The van der Waals surface area contributed by atoms with E-state index in [0.717, 1.165) is 33.9 Å². The molecule has 0 spiro atoms. The number of methoxy groups -OCH3 is 1. The predicted molar refractivity (Wildman–Crippen MR) is 102 cm³/mol. The van der Waals surface area contributed by atoms with Gasteiger partial charge in [0.15, 0.2) is 11.0 Å². The fourth-order valence-corrected chi connectivity index (χ4v) is 3.93. The first-order valence-electron chi connectivity index (χ1n) is 8.01. The molecular weight excluding hydrogens is 372 g/mol. The summed E-state index contributed by atoms with van der Waals surface area (Å²) in [6, 6.07) is 7.40. The smallest absolute Gasteiger partial charge is 0.307 e. The van der Waals surface area contributed by atoms with E-state index < -0.39 is 0 Å². The third-order valence-electron chi connectivity index (χ3n) is 3.87. The SMILES string of the molecule is COc1ccc(OCc2nnc(SCCn3c(C)csc3=O)n2C)cc1. The van der Waals surface area contributed by atoms with Crippen LogP contribution in [0.15, 0.2) is 39.6 Å². The molecule has 0 radical (unpaired) electrons. The van der Waals surface area contributed by atoms with Crippen LogP contribution in [0.5, 0.6) is 11.5 Å². The van der Waals surface area contributed by atoms with Gasteiger partial charge in [-0.2, -0.15) is 0 Å². The molecule has 26 heavy (non-hydrogen) atoms. The molecule has 3 aromatic rings. The molecule has 7 nitrogen and oxygen atoms in total. The topological polar surface area (TPSA) is 71.2 Å². The zero-order chi connectivity index (χ0) is 18.5. The molecule has 0 aliphatic carbocycles. The van der Waals surface area contributed by atoms with Crippen molar-refractivity contribution in [3.05, 3.63) is 50.8 Å². The Kier molecular flexibility index (Phi) is 6.00. The second-order valence-electron chi connectivity index (χ2n) is 5.57. The summed E-state index contributed by atoms with van der Waals surface area (Å²) < 4.78 is 14.6. The summed E-state index contributed by atoms with van der Waals surface area (Å²) in [6.45, 7) is 2.93. The molecular formula is C17H20N4O3S2. The van der Waals surface area contributed by atoms with Crippen molar-refractivity contribution in [2.24, 2.45) is 7.05 Å². The molecule has 0 bridgehead atoms.